The van der Waals surface area contributed by atoms with Crippen LogP contribution < -0.4 is 10.5 Å². The van der Waals surface area contributed by atoms with Crippen LogP contribution >= 0.6 is 0 Å². The van der Waals surface area contributed by atoms with Crippen LogP contribution in [0.4, 0.5) is 0 Å². The molecule has 5 nitrogen and oxygen atoms in total. The van der Waals surface area contributed by atoms with Crippen LogP contribution in [0.25, 0.3) is 0 Å². The summed E-state index contributed by atoms with van der Waals surface area (Å²) in [7, 11) is -1.43. The Morgan fingerprint density at radius 1 is 1.50 bits per heavy atom. The zero-order chi connectivity index (χ0) is 14.8. The molecule has 0 amide bonds. The van der Waals surface area contributed by atoms with Gasteiger partial charge in [-0.2, -0.15) is 0 Å². The smallest absolute Gasteiger partial charge is 0.240 e. The average Bonchev–Trinajstić information content (AvgIpc) is 2.82. The maximum atomic E-state index is 12.3. The molecule has 1 saturated heterocycles. The van der Waals surface area contributed by atoms with E-state index >= 15 is 0 Å². The van der Waals surface area contributed by atoms with Gasteiger partial charge in [-0.3, -0.25) is 0 Å². The SMILES string of the molecule is CC(N)c1cccc(S(=O)(=O)NCC2CCCN2C)c1. The molecule has 0 saturated carbocycles. The Labute approximate surface area is 121 Å². The van der Waals surface area contributed by atoms with Crippen molar-refractivity contribution in [3.05, 3.63) is 29.8 Å². The van der Waals surface area contributed by atoms with Crippen LogP contribution in [0.2, 0.25) is 0 Å². The molecule has 1 heterocycles. The van der Waals surface area contributed by atoms with Crippen LogP contribution in [0, 0.1) is 0 Å². The average molecular weight is 297 g/mol. The molecule has 20 heavy (non-hydrogen) atoms. The Kier molecular flexibility index (Phi) is 4.80. The summed E-state index contributed by atoms with van der Waals surface area (Å²) < 4.78 is 27.3. The zero-order valence-electron chi connectivity index (χ0n) is 12.0. The minimum absolute atomic E-state index is 0.175. The normalized spacial score (nSPS) is 22.1. The molecule has 0 spiro atoms. The third kappa shape index (κ3) is 3.58. The molecule has 6 heteroatoms. The third-order valence-electron chi connectivity index (χ3n) is 3.87. The fraction of sp³-hybridized carbons (Fsp3) is 0.571. The van der Waals surface area contributed by atoms with E-state index in [2.05, 4.69) is 9.62 Å². The first-order valence-corrected chi connectivity index (χ1v) is 8.44. The largest absolute Gasteiger partial charge is 0.324 e. The number of sulfonamides is 1. The van der Waals surface area contributed by atoms with E-state index < -0.39 is 10.0 Å². The van der Waals surface area contributed by atoms with Crippen LogP contribution in [0.15, 0.2) is 29.2 Å². The van der Waals surface area contributed by atoms with Gasteiger partial charge >= 0.3 is 0 Å². The van der Waals surface area contributed by atoms with E-state index in [0.717, 1.165) is 24.9 Å². The van der Waals surface area contributed by atoms with Crippen molar-refractivity contribution in [2.45, 2.75) is 36.7 Å². The Morgan fingerprint density at radius 2 is 2.25 bits per heavy atom. The lowest BCUT2D eigenvalue weighted by atomic mass is 10.1. The molecule has 2 unspecified atom stereocenters. The first kappa shape index (κ1) is 15.4. The highest BCUT2D eigenvalue weighted by Crippen LogP contribution is 2.17. The lowest BCUT2D eigenvalue weighted by Gasteiger charge is -2.19. The van der Waals surface area contributed by atoms with Crippen molar-refractivity contribution in [1.29, 1.82) is 0 Å². The molecule has 3 N–H and O–H groups in total. The van der Waals surface area contributed by atoms with E-state index in [1.165, 1.54) is 0 Å². The molecule has 1 aromatic carbocycles. The molecule has 1 aliphatic rings. The van der Waals surface area contributed by atoms with E-state index in [4.69, 9.17) is 5.73 Å². The molecule has 0 aromatic heterocycles. The van der Waals surface area contributed by atoms with Gasteiger partial charge in [0.2, 0.25) is 10.0 Å². The van der Waals surface area contributed by atoms with Gasteiger partial charge in [-0.25, -0.2) is 13.1 Å². The van der Waals surface area contributed by atoms with Gasteiger partial charge in [0.15, 0.2) is 0 Å². The molecule has 2 atom stereocenters. The van der Waals surface area contributed by atoms with Gasteiger partial charge in [0.1, 0.15) is 0 Å². The monoisotopic (exact) mass is 297 g/mol. The first-order valence-electron chi connectivity index (χ1n) is 6.95. The quantitative estimate of drug-likeness (QED) is 0.853. The molecule has 0 aliphatic carbocycles. The van der Waals surface area contributed by atoms with E-state index in [1.807, 2.05) is 20.0 Å². The Balaban J connectivity index is 2.08. The minimum atomic E-state index is -3.46. The van der Waals surface area contributed by atoms with Gasteiger partial charge < -0.3 is 10.6 Å². The van der Waals surface area contributed by atoms with Gasteiger partial charge in [0.25, 0.3) is 0 Å². The second-order valence-electron chi connectivity index (χ2n) is 5.49. The highest BCUT2D eigenvalue weighted by atomic mass is 32.2. The molecule has 2 rings (SSSR count). The molecule has 1 fully saturated rings. The van der Waals surface area contributed by atoms with Crippen molar-refractivity contribution in [2.24, 2.45) is 5.73 Å². The summed E-state index contributed by atoms with van der Waals surface area (Å²) in [5.41, 5.74) is 6.62. The predicted octanol–water partition coefficient (Wildman–Crippen LogP) is 1.08. The van der Waals surface area contributed by atoms with Crippen LogP contribution in [-0.4, -0.2) is 39.5 Å². The van der Waals surface area contributed by atoms with Gasteiger partial charge in [0.05, 0.1) is 4.90 Å². The summed E-state index contributed by atoms with van der Waals surface area (Å²) in [5, 5.41) is 0. The number of benzene rings is 1. The number of nitrogens with zero attached hydrogens (tertiary/aromatic N) is 1. The Bertz CT molecular complexity index is 557. The van der Waals surface area contributed by atoms with Crippen LogP contribution in [0.5, 0.6) is 0 Å². The van der Waals surface area contributed by atoms with E-state index in [0.29, 0.717) is 12.6 Å². The molecule has 112 valence electrons. The van der Waals surface area contributed by atoms with Crippen LogP contribution in [0.3, 0.4) is 0 Å². The van der Waals surface area contributed by atoms with Crippen LogP contribution in [0.1, 0.15) is 31.4 Å². The minimum Gasteiger partial charge on any atom is -0.324 e. The summed E-state index contributed by atoms with van der Waals surface area (Å²) in [6.45, 7) is 3.33. The van der Waals surface area contributed by atoms with E-state index in [9.17, 15) is 8.42 Å². The number of rotatable bonds is 5. The first-order chi connectivity index (χ1) is 9.40. The highest BCUT2D eigenvalue weighted by molar-refractivity contribution is 7.89. The van der Waals surface area contributed by atoms with Gasteiger partial charge in [-0.15, -0.1) is 0 Å². The number of nitrogens with one attached hydrogen (secondary N) is 1. The molecular formula is C14H23N3O2S. The summed E-state index contributed by atoms with van der Waals surface area (Å²) in [6.07, 6.45) is 2.17. The number of hydrogen-bond acceptors (Lipinski definition) is 4. The molecule has 0 bridgehead atoms. The second-order valence-corrected chi connectivity index (χ2v) is 7.26. The van der Waals surface area contributed by atoms with Gasteiger partial charge in [-0.05, 0) is 51.1 Å². The number of nitrogens with two attached hydrogens (primary N) is 1. The third-order valence-corrected chi connectivity index (χ3v) is 5.30. The summed E-state index contributed by atoms with van der Waals surface area (Å²) >= 11 is 0. The maximum absolute atomic E-state index is 12.3. The standard InChI is InChI=1S/C14H23N3O2S/c1-11(15)12-5-3-7-14(9-12)20(18,19)16-10-13-6-4-8-17(13)2/h3,5,7,9,11,13,16H,4,6,8,10,15H2,1-2H3. The van der Waals surface area contributed by atoms with Crippen molar-refractivity contribution in [3.63, 3.8) is 0 Å². The second kappa shape index (κ2) is 6.22. The van der Waals surface area contributed by atoms with E-state index in [-0.39, 0.29) is 10.9 Å². The number of likely N-dealkylation sites (N-methyl/N-ethyl adjacent to an activating group) is 1. The molecule has 1 aromatic rings. The van der Waals surface area contributed by atoms with E-state index in [1.54, 1.807) is 18.2 Å². The lowest BCUT2D eigenvalue weighted by molar-refractivity contribution is 0.311. The van der Waals surface area contributed by atoms with Gasteiger partial charge in [0, 0.05) is 18.6 Å². The van der Waals surface area contributed by atoms with Crippen molar-refractivity contribution in [2.75, 3.05) is 20.1 Å². The molecular weight excluding hydrogens is 274 g/mol. The van der Waals surface area contributed by atoms with Crippen LogP contribution in [-0.2, 0) is 10.0 Å². The number of likely N-dealkylation sites (tertiary alicyclic amines) is 1. The zero-order valence-corrected chi connectivity index (χ0v) is 12.9. The molecule has 0 radical (unpaired) electrons. The van der Waals surface area contributed by atoms with Crippen molar-refractivity contribution < 1.29 is 8.42 Å². The fourth-order valence-corrected chi connectivity index (χ4v) is 3.62. The maximum Gasteiger partial charge on any atom is 0.240 e. The summed E-state index contributed by atoms with van der Waals surface area (Å²) in [4.78, 5) is 2.48. The predicted molar refractivity (Wildman–Crippen MR) is 79.9 cm³/mol. The topological polar surface area (TPSA) is 75.4 Å². The van der Waals surface area contributed by atoms with Crippen molar-refractivity contribution in [3.8, 4) is 0 Å². The summed E-state index contributed by atoms with van der Waals surface area (Å²) in [5.74, 6) is 0. The lowest BCUT2D eigenvalue weighted by Crippen LogP contribution is -2.38. The van der Waals surface area contributed by atoms with Gasteiger partial charge in [-0.1, -0.05) is 12.1 Å². The van der Waals surface area contributed by atoms with Crippen molar-refractivity contribution in [1.82, 2.24) is 9.62 Å². The fourth-order valence-electron chi connectivity index (χ4n) is 2.49. The Morgan fingerprint density at radius 3 is 2.85 bits per heavy atom. The highest BCUT2D eigenvalue weighted by Gasteiger charge is 2.23. The number of hydrogen-bond donors (Lipinski definition) is 2. The van der Waals surface area contributed by atoms with Crippen molar-refractivity contribution >= 4 is 10.0 Å². The Hall–Kier alpha value is -0.950. The molecule has 1 aliphatic heterocycles. The summed E-state index contributed by atoms with van der Waals surface area (Å²) in [6, 6.07) is 6.94.